The van der Waals surface area contributed by atoms with Crippen LogP contribution in [0.15, 0.2) is 36.7 Å². The largest absolute Gasteiger partial charge is 0.415 e. The lowest BCUT2D eigenvalue weighted by Crippen LogP contribution is -2.66. The number of unbranched alkanes of at least 4 members (excludes halogenated alkanes) is 3. The van der Waals surface area contributed by atoms with Gasteiger partial charge in [0.25, 0.3) is 5.69 Å². The van der Waals surface area contributed by atoms with Gasteiger partial charge in [-0.2, -0.15) is 5.10 Å². The molecule has 1 N–H and O–H groups in total. The molecule has 0 bridgehead atoms. The molecule has 0 saturated carbocycles. The molecule has 1 aliphatic heterocycles. The SMILES string of the molecule is C[C@H]1CN(CCCCCCNc2ccc(-n3cccn3)c([N+](=O)[O-])c2)[C@H](CO[Si](C)(C)C(C)(C)C)[C@@H](O[Si](C)(C)C(C)(C)C)[C@@H]1O[Si](C)(C)C(C)(C)C. The van der Waals surface area contributed by atoms with Gasteiger partial charge in [0.1, 0.15) is 5.69 Å². The molecule has 13 heteroatoms. The second-order valence-electron chi connectivity index (χ2n) is 20.0. The van der Waals surface area contributed by atoms with Crippen molar-refractivity contribution in [2.24, 2.45) is 5.92 Å². The Bertz CT molecular complexity index is 1460. The Hall–Kier alpha value is -1.88. The van der Waals surface area contributed by atoms with E-state index in [0.717, 1.165) is 51.0 Å². The first-order chi connectivity index (χ1) is 24.2. The minimum Gasteiger partial charge on any atom is -0.415 e. The van der Waals surface area contributed by atoms with Crippen LogP contribution in [-0.4, -0.2) is 89.0 Å². The number of nitrogens with zero attached hydrogens (tertiary/aromatic N) is 4. The number of likely N-dealkylation sites (tertiary alicyclic amines) is 1. The van der Waals surface area contributed by atoms with Crippen molar-refractivity contribution in [1.82, 2.24) is 14.7 Å². The number of piperidine rings is 1. The van der Waals surface area contributed by atoms with E-state index in [1.165, 1.54) is 4.68 Å². The second kappa shape index (κ2) is 17.5. The molecule has 0 unspecified atom stereocenters. The van der Waals surface area contributed by atoms with Gasteiger partial charge in [-0.3, -0.25) is 15.0 Å². The highest BCUT2D eigenvalue weighted by Gasteiger charge is 2.52. The van der Waals surface area contributed by atoms with Crippen LogP contribution in [0.5, 0.6) is 0 Å². The Balaban J connectivity index is 1.75. The summed E-state index contributed by atoms with van der Waals surface area (Å²) in [6, 6.07) is 7.12. The van der Waals surface area contributed by atoms with Gasteiger partial charge in [-0.15, -0.1) is 0 Å². The number of hydrogen-bond acceptors (Lipinski definition) is 8. The lowest BCUT2D eigenvalue weighted by Gasteiger charge is -2.54. The summed E-state index contributed by atoms with van der Waals surface area (Å²) in [4.78, 5) is 14.1. The van der Waals surface area contributed by atoms with E-state index in [1.807, 2.05) is 6.07 Å². The van der Waals surface area contributed by atoms with Crippen molar-refractivity contribution in [3.63, 3.8) is 0 Å². The standard InChI is InChI=1S/C40H75N5O5Si3/c1-31-29-43(26-20-18-17-19-24-41-32-22-23-33(34(28-32)45(46)47)44-27-21-25-42-44)35(30-48-51(11,12)38(2,3)4)37(50-53(15,16)40(8,9)10)36(31)49-52(13,14)39(5,6)7/h21-23,25,27-28,31,35-37,41H,17-20,24,26,29-30H2,1-16H3/t31-,35+,36+,37+/m0/s1. The van der Waals surface area contributed by atoms with Crippen LogP contribution in [-0.2, 0) is 13.3 Å². The third-order valence-electron chi connectivity index (χ3n) is 12.8. The summed E-state index contributed by atoms with van der Waals surface area (Å²) in [5.74, 6) is 0.330. The van der Waals surface area contributed by atoms with E-state index in [0.29, 0.717) is 18.2 Å². The van der Waals surface area contributed by atoms with Crippen LogP contribution in [0, 0.1) is 16.0 Å². The van der Waals surface area contributed by atoms with Crippen LogP contribution < -0.4 is 5.32 Å². The fraction of sp³-hybridized carbons (Fsp3) is 0.775. The molecule has 1 aromatic carbocycles. The number of benzene rings is 1. The van der Waals surface area contributed by atoms with Crippen molar-refractivity contribution < 1.29 is 18.2 Å². The Morgan fingerprint density at radius 3 is 1.94 bits per heavy atom. The summed E-state index contributed by atoms with van der Waals surface area (Å²) in [5, 5.41) is 19.7. The number of nitro groups is 1. The van der Waals surface area contributed by atoms with Crippen LogP contribution in [0.1, 0.15) is 94.9 Å². The van der Waals surface area contributed by atoms with Gasteiger partial charge in [-0.05, 0) is 97.9 Å². The average Bonchev–Trinajstić information content (AvgIpc) is 3.55. The van der Waals surface area contributed by atoms with Crippen LogP contribution in [0.3, 0.4) is 0 Å². The molecule has 3 rings (SSSR count). The quantitative estimate of drug-likeness (QED) is 0.0731. The van der Waals surface area contributed by atoms with E-state index in [1.54, 1.807) is 30.6 Å². The summed E-state index contributed by atoms with van der Waals surface area (Å²) in [6.07, 6.45) is 7.56. The smallest absolute Gasteiger partial charge is 0.296 e. The van der Waals surface area contributed by atoms with Gasteiger partial charge in [0.15, 0.2) is 25.0 Å². The zero-order valence-electron chi connectivity index (χ0n) is 36.3. The maximum atomic E-state index is 11.8. The van der Waals surface area contributed by atoms with Crippen LogP contribution in [0.4, 0.5) is 11.4 Å². The molecule has 1 saturated heterocycles. The van der Waals surface area contributed by atoms with Crippen LogP contribution >= 0.6 is 0 Å². The van der Waals surface area contributed by atoms with E-state index in [4.69, 9.17) is 13.3 Å². The van der Waals surface area contributed by atoms with Gasteiger partial charge >= 0.3 is 0 Å². The molecular weight excluding hydrogens is 715 g/mol. The van der Waals surface area contributed by atoms with Crippen LogP contribution in [0.25, 0.3) is 5.69 Å². The number of anilines is 1. The summed E-state index contributed by atoms with van der Waals surface area (Å²) in [6.45, 7) is 40.9. The number of nitro benzene ring substituents is 1. The average molecular weight is 790 g/mol. The topological polar surface area (TPSA) is 104 Å². The lowest BCUT2D eigenvalue weighted by atomic mass is 9.88. The maximum Gasteiger partial charge on any atom is 0.296 e. The fourth-order valence-corrected chi connectivity index (χ4v) is 9.85. The Morgan fingerprint density at radius 1 is 0.849 bits per heavy atom. The lowest BCUT2D eigenvalue weighted by molar-refractivity contribution is -0.384. The van der Waals surface area contributed by atoms with Gasteiger partial charge in [0.2, 0.25) is 0 Å². The first-order valence-corrected chi connectivity index (χ1v) is 28.7. The molecule has 1 aromatic heterocycles. The second-order valence-corrected chi connectivity index (χ2v) is 34.4. The summed E-state index contributed by atoms with van der Waals surface area (Å²) in [7, 11) is -6.27. The predicted molar refractivity (Wildman–Crippen MR) is 229 cm³/mol. The van der Waals surface area contributed by atoms with E-state index in [-0.39, 0.29) is 44.0 Å². The Labute approximate surface area is 325 Å². The minimum absolute atomic E-state index is 0.0183. The van der Waals surface area contributed by atoms with E-state index in [9.17, 15) is 10.1 Å². The molecule has 0 amide bonds. The summed E-state index contributed by atoms with van der Waals surface area (Å²) < 4.78 is 23.5. The van der Waals surface area contributed by atoms with Gasteiger partial charge in [0.05, 0.1) is 29.8 Å². The molecule has 0 aliphatic carbocycles. The van der Waals surface area contributed by atoms with Crippen molar-refractivity contribution in [3.8, 4) is 5.69 Å². The summed E-state index contributed by atoms with van der Waals surface area (Å²) >= 11 is 0. The third kappa shape index (κ3) is 11.8. The highest BCUT2D eigenvalue weighted by Crippen LogP contribution is 2.44. The molecule has 10 nitrogen and oxygen atoms in total. The Morgan fingerprint density at radius 2 is 1.42 bits per heavy atom. The van der Waals surface area contributed by atoms with E-state index < -0.39 is 25.0 Å². The minimum atomic E-state index is -2.16. The van der Waals surface area contributed by atoms with E-state index in [2.05, 4.69) is 124 Å². The normalized spacial score (nSPS) is 21.2. The van der Waals surface area contributed by atoms with Crippen molar-refractivity contribution >= 4 is 36.3 Å². The van der Waals surface area contributed by atoms with Gasteiger partial charge in [-0.25, -0.2) is 4.68 Å². The molecule has 4 atom stereocenters. The number of rotatable bonds is 17. The molecule has 2 aromatic rings. The monoisotopic (exact) mass is 790 g/mol. The highest BCUT2D eigenvalue weighted by atomic mass is 28.4. The predicted octanol–water partition coefficient (Wildman–Crippen LogP) is 10.9. The van der Waals surface area contributed by atoms with Gasteiger partial charge in [-0.1, -0.05) is 82.1 Å². The van der Waals surface area contributed by atoms with Gasteiger partial charge < -0.3 is 18.6 Å². The third-order valence-corrected chi connectivity index (χ3v) is 26.2. The highest BCUT2D eigenvalue weighted by molar-refractivity contribution is 6.75. The first kappa shape index (κ1) is 45.5. The number of nitrogens with one attached hydrogen (secondary N) is 1. The van der Waals surface area contributed by atoms with Crippen molar-refractivity contribution in [3.05, 3.63) is 46.8 Å². The zero-order chi connectivity index (χ0) is 40.2. The molecule has 302 valence electrons. The van der Waals surface area contributed by atoms with Crippen LogP contribution in [0.2, 0.25) is 54.4 Å². The molecule has 53 heavy (non-hydrogen) atoms. The van der Waals surface area contributed by atoms with Crippen molar-refractivity contribution in [2.45, 2.75) is 168 Å². The van der Waals surface area contributed by atoms with Crippen molar-refractivity contribution in [2.75, 3.05) is 31.6 Å². The molecule has 1 fully saturated rings. The molecular formula is C40H75N5O5Si3. The van der Waals surface area contributed by atoms with Crippen molar-refractivity contribution in [1.29, 1.82) is 0 Å². The maximum absolute atomic E-state index is 11.8. The Kier molecular flexibility index (Phi) is 15.0. The first-order valence-electron chi connectivity index (χ1n) is 19.9. The molecule has 2 heterocycles. The molecule has 1 aliphatic rings. The summed E-state index contributed by atoms with van der Waals surface area (Å²) in [5.41, 5.74) is 1.25. The number of hydrogen-bond donors (Lipinski definition) is 1. The number of aromatic nitrogens is 2. The molecule has 0 radical (unpaired) electrons. The van der Waals surface area contributed by atoms with E-state index >= 15 is 0 Å². The van der Waals surface area contributed by atoms with Gasteiger partial charge in [0, 0.05) is 37.2 Å². The zero-order valence-corrected chi connectivity index (χ0v) is 39.3. The molecule has 0 spiro atoms. The fourth-order valence-electron chi connectivity index (χ4n) is 6.10.